The first-order valence-corrected chi connectivity index (χ1v) is 6.53. The standard InChI is InChI=1S/C14H17F2NO2/c1-9-6-11-13(7-15)19-17-14(11,8-18-9)10-4-2-3-5-12(10)16/h2-5,9,11,13,17H,6-8H2,1H3. The van der Waals surface area contributed by atoms with Gasteiger partial charge in [0, 0.05) is 11.5 Å². The maximum absolute atomic E-state index is 14.1. The Hall–Kier alpha value is -1.04. The first-order chi connectivity index (χ1) is 9.17. The average molecular weight is 269 g/mol. The number of hydroxylamine groups is 1. The van der Waals surface area contributed by atoms with Crippen LogP contribution in [0.4, 0.5) is 8.78 Å². The Morgan fingerprint density at radius 3 is 2.95 bits per heavy atom. The molecule has 0 radical (unpaired) electrons. The number of alkyl halides is 1. The Morgan fingerprint density at radius 1 is 1.42 bits per heavy atom. The van der Waals surface area contributed by atoms with Crippen LogP contribution < -0.4 is 5.48 Å². The molecule has 0 aromatic heterocycles. The van der Waals surface area contributed by atoms with E-state index in [2.05, 4.69) is 5.48 Å². The van der Waals surface area contributed by atoms with E-state index in [1.165, 1.54) is 6.07 Å². The van der Waals surface area contributed by atoms with Crippen molar-refractivity contribution in [2.24, 2.45) is 5.92 Å². The quantitative estimate of drug-likeness (QED) is 0.893. The van der Waals surface area contributed by atoms with E-state index in [0.29, 0.717) is 12.0 Å². The Balaban J connectivity index is 2.03. The van der Waals surface area contributed by atoms with Crippen LogP contribution in [0.1, 0.15) is 18.9 Å². The van der Waals surface area contributed by atoms with E-state index in [-0.39, 0.29) is 24.4 Å². The summed E-state index contributed by atoms with van der Waals surface area (Å²) in [5.41, 5.74) is 2.55. The maximum atomic E-state index is 14.1. The summed E-state index contributed by atoms with van der Waals surface area (Å²) < 4.78 is 32.8. The van der Waals surface area contributed by atoms with Gasteiger partial charge in [-0.2, -0.15) is 5.48 Å². The molecule has 3 nitrogen and oxygen atoms in total. The van der Waals surface area contributed by atoms with Gasteiger partial charge in [0.1, 0.15) is 18.6 Å². The largest absolute Gasteiger partial charge is 0.376 e. The molecule has 2 aliphatic heterocycles. The highest BCUT2D eigenvalue weighted by molar-refractivity contribution is 5.29. The maximum Gasteiger partial charge on any atom is 0.128 e. The number of halogens is 2. The third-order valence-electron chi connectivity index (χ3n) is 4.16. The van der Waals surface area contributed by atoms with Gasteiger partial charge in [-0.05, 0) is 19.4 Å². The number of nitrogens with one attached hydrogen (secondary N) is 1. The van der Waals surface area contributed by atoms with Gasteiger partial charge in [-0.25, -0.2) is 8.78 Å². The molecule has 2 heterocycles. The lowest BCUT2D eigenvalue weighted by atomic mass is 9.73. The predicted octanol–water partition coefficient (Wildman–Crippen LogP) is 2.32. The SMILES string of the molecule is CC1CC2C(CF)ONC2(c2ccccc2F)CO1. The Kier molecular flexibility index (Phi) is 3.28. The van der Waals surface area contributed by atoms with Gasteiger partial charge in [-0.15, -0.1) is 0 Å². The second-order valence-electron chi connectivity index (χ2n) is 5.33. The molecule has 0 aliphatic carbocycles. The molecule has 19 heavy (non-hydrogen) atoms. The van der Waals surface area contributed by atoms with Crippen molar-refractivity contribution < 1.29 is 18.4 Å². The van der Waals surface area contributed by atoms with Crippen molar-refractivity contribution in [1.82, 2.24) is 5.48 Å². The van der Waals surface area contributed by atoms with Crippen molar-refractivity contribution in [3.63, 3.8) is 0 Å². The molecule has 2 aliphatic rings. The summed E-state index contributed by atoms with van der Waals surface area (Å²) in [4.78, 5) is 5.34. The van der Waals surface area contributed by atoms with Crippen LogP contribution in [0.15, 0.2) is 24.3 Å². The lowest BCUT2D eigenvalue weighted by Gasteiger charge is -2.41. The normalized spacial score (nSPS) is 38.2. The third-order valence-corrected chi connectivity index (χ3v) is 4.16. The molecule has 4 unspecified atom stereocenters. The molecular weight excluding hydrogens is 252 g/mol. The van der Waals surface area contributed by atoms with Gasteiger partial charge < -0.3 is 4.74 Å². The van der Waals surface area contributed by atoms with E-state index >= 15 is 0 Å². The molecule has 3 rings (SSSR count). The highest BCUT2D eigenvalue weighted by atomic mass is 19.1. The zero-order valence-corrected chi connectivity index (χ0v) is 10.7. The lowest BCUT2D eigenvalue weighted by molar-refractivity contribution is -0.0615. The number of benzene rings is 1. The van der Waals surface area contributed by atoms with E-state index in [4.69, 9.17) is 9.57 Å². The molecule has 0 amide bonds. The van der Waals surface area contributed by atoms with Crippen molar-refractivity contribution in [3.8, 4) is 0 Å². The highest BCUT2D eigenvalue weighted by Gasteiger charge is 2.55. The third kappa shape index (κ3) is 1.96. The van der Waals surface area contributed by atoms with Gasteiger partial charge in [0.2, 0.25) is 0 Å². The van der Waals surface area contributed by atoms with E-state index in [1.807, 2.05) is 6.92 Å². The van der Waals surface area contributed by atoms with Crippen molar-refractivity contribution >= 4 is 0 Å². The lowest BCUT2D eigenvalue weighted by Crippen LogP contribution is -2.52. The van der Waals surface area contributed by atoms with E-state index in [1.54, 1.807) is 18.2 Å². The fraction of sp³-hybridized carbons (Fsp3) is 0.571. The van der Waals surface area contributed by atoms with Crippen LogP contribution in [-0.4, -0.2) is 25.5 Å². The number of ether oxygens (including phenoxy) is 1. The van der Waals surface area contributed by atoms with Crippen LogP contribution in [0, 0.1) is 11.7 Å². The van der Waals surface area contributed by atoms with E-state index in [9.17, 15) is 8.78 Å². The average Bonchev–Trinajstić information content (AvgIpc) is 2.78. The van der Waals surface area contributed by atoms with Crippen LogP contribution in [0.25, 0.3) is 0 Å². The first kappa shape index (κ1) is 13.0. The molecule has 104 valence electrons. The van der Waals surface area contributed by atoms with Crippen LogP contribution in [0.3, 0.4) is 0 Å². The number of hydrogen-bond acceptors (Lipinski definition) is 3. The summed E-state index contributed by atoms with van der Waals surface area (Å²) in [6.45, 7) is 1.65. The molecule has 2 saturated heterocycles. The summed E-state index contributed by atoms with van der Waals surface area (Å²) >= 11 is 0. The van der Waals surface area contributed by atoms with E-state index in [0.717, 1.165) is 0 Å². The van der Waals surface area contributed by atoms with Gasteiger partial charge in [0.25, 0.3) is 0 Å². The van der Waals surface area contributed by atoms with Crippen LogP contribution in [0.2, 0.25) is 0 Å². The minimum Gasteiger partial charge on any atom is -0.376 e. The zero-order chi connectivity index (χ0) is 13.5. The molecule has 5 heteroatoms. The zero-order valence-electron chi connectivity index (χ0n) is 10.7. The minimum atomic E-state index is -0.783. The predicted molar refractivity (Wildman–Crippen MR) is 65.6 cm³/mol. The monoisotopic (exact) mass is 269 g/mol. The first-order valence-electron chi connectivity index (χ1n) is 6.53. The molecule has 0 spiro atoms. The number of rotatable bonds is 2. The van der Waals surface area contributed by atoms with Gasteiger partial charge in [-0.3, -0.25) is 4.84 Å². The highest BCUT2D eigenvalue weighted by Crippen LogP contribution is 2.45. The molecule has 1 N–H and O–H groups in total. The Labute approximate surface area is 110 Å². The fourth-order valence-electron chi connectivity index (χ4n) is 3.14. The van der Waals surface area contributed by atoms with E-state index < -0.39 is 18.3 Å². The van der Waals surface area contributed by atoms with Crippen LogP contribution in [0.5, 0.6) is 0 Å². The van der Waals surface area contributed by atoms with Crippen molar-refractivity contribution in [1.29, 1.82) is 0 Å². The number of fused-ring (bicyclic) bond motifs is 1. The second-order valence-corrected chi connectivity index (χ2v) is 5.33. The van der Waals surface area contributed by atoms with Gasteiger partial charge in [-0.1, -0.05) is 18.2 Å². The smallest absolute Gasteiger partial charge is 0.128 e. The van der Waals surface area contributed by atoms with Gasteiger partial charge >= 0.3 is 0 Å². The molecular formula is C14H17F2NO2. The molecule has 1 aromatic rings. The summed E-state index contributed by atoms with van der Waals surface area (Å²) in [6, 6.07) is 6.52. The van der Waals surface area contributed by atoms with Gasteiger partial charge in [0.05, 0.1) is 18.2 Å². The minimum absolute atomic E-state index is 0.0300. The van der Waals surface area contributed by atoms with Gasteiger partial charge in [0.15, 0.2) is 0 Å². The number of hydrogen-bond donors (Lipinski definition) is 1. The molecule has 0 bridgehead atoms. The fourth-order valence-corrected chi connectivity index (χ4v) is 3.14. The Bertz CT molecular complexity index is 471. The summed E-state index contributed by atoms with van der Waals surface area (Å²) in [7, 11) is 0. The van der Waals surface area contributed by atoms with Crippen LogP contribution >= 0.6 is 0 Å². The summed E-state index contributed by atoms with van der Waals surface area (Å²) in [5, 5.41) is 0. The Morgan fingerprint density at radius 2 is 2.21 bits per heavy atom. The van der Waals surface area contributed by atoms with Crippen LogP contribution in [-0.2, 0) is 15.1 Å². The topological polar surface area (TPSA) is 30.5 Å². The summed E-state index contributed by atoms with van der Waals surface area (Å²) in [5.74, 6) is -0.445. The van der Waals surface area contributed by atoms with Crippen molar-refractivity contribution in [2.45, 2.75) is 31.1 Å². The molecule has 2 fully saturated rings. The second kappa shape index (κ2) is 4.81. The molecule has 4 atom stereocenters. The van der Waals surface area contributed by atoms with Crippen molar-refractivity contribution in [3.05, 3.63) is 35.6 Å². The van der Waals surface area contributed by atoms with Crippen molar-refractivity contribution in [2.75, 3.05) is 13.3 Å². The molecule has 0 saturated carbocycles. The summed E-state index contributed by atoms with van der Waals surface area (Å²) in [6.07, 6.45) is 0.129. The molecule has 1 aromatic carbocycles.